The molecule has 0 fully saturated rings. The van der Waals surface area contributed by atoms with Crippen molar-refractivity contribution in [2.45, 2.75) is 13.8 Å². The molecule has 1 aromatic carbocycles. The molecule has 2 heterocycles. The second-order valence-electron chi connectivity index (χ2n) is 5.42. The van der Waals surface area contributed by atoms with Gasteiger partial charge in [0.15, 0.2) is 5.78 Å². The minimum Gasteiger partial charge on any atom is -0.289 e. The maximum absolute atomic E-state index is 12.4. The molecule has 5 heteroatoms. The Morgan fingerprint density at radius 1 is 1.17 bits per heavy atom. The number of aromatic nitrogens is 4. The molecule has 0 atom stereocenters. The predicted molar refractivity (Wildman–Crippen MR) is 89.6 cm³/mol. The summed E-state index contributed by atoms with van der Waals surface area (Å²) in [5.41, 5.74) is 4.15. The number of rotatable bonds is 4. The minimum atomic E-state index is -0.0411. The van der Waals surface area contributed by atoms with Crippen molar-refractivity contribution < 1.29 is 4.79 Å². The molecule has 0 aliphatic rings. The standard InChI is InChI=1S/C18H18N4O/c1-13-18(14(2)21(3)20-13)17(23)10-9-15-11-19-22(12-15)16-7-5-4-6-8-16/h4-12H,1-3H3. The molecule has 23 heavy (non-hydrogen) atoms. The fourth-order valence-corrected chi connectivity index (χ4v) is 2.53. The first-order valence-electron chi connectivity index (χ1n) is 7.39. The second kappa shape index (κ2) is 6.04. The molecular weight excluding hydrogens is 288 g/mol. The fraction of sp³-hybridized carbons (Fsp3) is 0.167. The van der Waals surface area contributed by atoms with E-state index in [4.69, 9.17) is 0 Å². The number of aryl methyl sites for hydroxylation is 2. The van der Waals surface area contributed by atoms with Gasteiger partial charge in [-0.2, -0.15) is 10.2 Å². The summed E-state index contributed by atoms with van der Waals surface area (Å²) in [6, 6.07) is 9.85. The lowest BCUT2D eigenvalue weighted by atomic mass is 10.1. The highest BCUT2D eigenvalue weighted by Gasteiger charge is 2.14. The van der Waals surface area contributed by atoms with E-state index in [0.717, 1.165) is 22.6 Å². The Labute approximate surface area is 134 Å². The van der Waals surface area contributed by atoms with Crippen LogP contribution in [0.15, 0.2) is 48.8 Å². The summed E-state index contributed by atoms with van der Waals surface area (Å²) in [7, 11) is 1.84. The zero-order valence-corrected chi connectivity index (χ0v) is 13.4. The molecule has 0 bridgehead atoms. The van der Waals surface area contributed by atoms with E-state index in [1.807, 2.05) is 57.4 Å². The van der Waals surface area contributed by atoms with Gasteiger partial charge in [-0.3, -0.25) is 9.48 Å². The summed E-state index contributed by atoms with van der Waals surface area (Å²) in [6.45, 7) is 3.75. The van der Waals surface area contributed by atoms with Crippen molar-refractivity contribution in [1.82, 2.24) is 19.6 Å². The van der Waals surface area contributed by atoms with Crippen LogP contribution >= 0.6 is 0 Å². The van der Waals surface area contributed by atoms with Crippen LogP contribution in [-0.2, 0) is 7.05 Å². The molecule has 0 spiro atoms. The highest BCUT2D eigenvalue weighted by molar-refractivity contribution is 6.08. The first-order chi connectivity index (χ1) is 11.1. The number of hydrogen-bond donors (Lipinski definition) is 0. The molecule has 0 saturated heterocycles. The topological polar surface area (TPSA) is 52.7 Å². The van der Waals surface area contributed by atoms with Gasteiger partial charge < -0.3 is 0 Å². The molecule has 5 nitrogen and oxygen atoms in total. The highest BCUT2D eigenvalue weighted by atomic mass is 16.1. The molecule has 0 radical (unpaired) electrons. The van der Waals surface area contributed by atoms with E-state index in [1.165, 1.54) is 0 Å². The van der Waals surface area contributed by atoms with Crippen LogP contribution in [0.1, 0.15) is 27.3 Å². The lowest BCUT2D eigenvalue weighted by Crippen LogP contribution is -1.99. The van der Waals surface area contributed by atoms with Crippen LogP contribution in [0, 0.1) is 13.8 Å². The first kappa shape index (κ1) is 15.0. The Bertz CT molecular complexity index is 872. The van der Waals surface area contributed by atoms with E-state index in [0.29, 0.717) is 5.56 Å². The normalized spacial score (nSPS) is 11.3. The highest BCUT2D eigenvalue weighted by Crippen LogP contribution is 2.14. The van der Waals surface area contributed by atoms with E-state index in [9.17, 15) is 4.79 Å². The molecule has 116 valence electrons. The molecule has 3 aromatic rings. The molecule has 2 aromatic heterocycles. The average molecular weight is 306 g/mol. The molecule has 0 unspecified atom stereocenters. The van der Waals surface area contributed by atoms with Gasteiger partial charge in [0, 0.05) is 24.5 Å². The van der Waals surface area contributed by atoms with Crippen molar-refractivity contribution >= 4 is 11.9 Å². The fourth-order valence-electron chi connectivity index (χ4n) is 2.53. The molecule has 0 amide bonds. The third-order valence-corrected chi connectivity index (χ3v) is 3.81. The zero-order valence-electron chi connectivity index (χ0n) is 13.4. The number of carbonyl (C=O) groups excluding carboxylic acids is 1. The van der Waals surface area contributed by atoms with Crippen LogP contribution in [0.3, 0.4) is 0 Å². The van der Waals surface area contributed by atoms with E-state index >= 15 is 0 Å². The summed E-state index contributed by atoms with van der Waals surface area (Å²) in [5, 5.41) is 8.59. The quantitative estimate of drug-likeness (QED) is 0.550. The van der Waals surface area contributed by atoms with E-state index < -0.39 is 0 Å². The SMILES string of the molecule is Cc1nn(C)c(C)c1C(=O)C=Cc1cnn(-c2ccccc2)c1. The summed E-state index contributed by atoms with van der Waals surface area (Å²) in [5.74, 6) is -0.0411. The zero-order chi connectivity index (χ0) is 16.4. The molecule has 0 N–H and O–H groups in total. The summed E-state index contributed by atoms with van der Waals surface area (Å²) < 4.78 is 3.51. The Morgan fingerprint density at radius 2 is 1.91 bits per heavy atom. The van der Waals surface area contributed by atoms with Crippen molar-refractivity contribution in [2.24, 2.45) is 7.05 Å². The van der Waals surface area contributed by atoms with Crippen LogP contribution in [0.4, 0.5) is 0 Å². The van der Waals surface area contributed by atoms with Crippen molar-refractivity contribution in [3.05, 3.63) is 71.3 Å². The molecule has 0 aliphatic carbocycles. The van der Waals surface area contributed by atoms with Gasteiger partial charge in [0.25, 0.3) is 0 Å². The molecular formula is C18H18N4O. The van der Waals surface area contributed by atoms with Crippen molar-refractivity contribution in [3.63, 3.8) is 0 Å². The van der Waals surface area contributed by atoms with E-state index in [-0.39, 0.29) is 5.78 Å². The first-order valence-corrected chi connectivity index (χ1v) is 7.39. The monoisotopic (exact) mass is 306 g/mol. The maximum atomic E-state index is 12.4. The third-order valence-electron chi connectivity index (χ3n) is 3.81. The summed E-state index contributed by atoms with van der Waals surface area (Å²) in [6.07, 6.45) is 6.98. The lowest BCUT2D eigenvalue weighted by molar-refractivity contribution is 0.104. The minimum absolute atomic E-state index is 0.0411. The second-order valence-corrected chi connectivity index (χ2v) is 5.42. The average Bonchev–Trinajstić information content (AvgIpc) is 3.11. The number of ketones is 1. The van der Waals surface area contributed by atoms with Gasteiger partial charge in [-0.25, -0.2) is 4.68 Å². The van der Waals surface area contributed by atoms with Crippen LogP contribution in [-0.4, -0.2) is 25.3 Å². The molecule has 0 saturated carbocycles. The van der Waals surface area contributed by atoms with Crippen LogP contribution in [0.25, 0.3) is 11.8 Å². The van der Waals surface area contributed by atoms with Crippen molar-refractivity contribution in [2.75, 3.05) is 0 Å². The van der Waals surface area contributed by atoms with Crippen molar-refractivity contribution in [1.29, 1.82) is 0 Å². The smallest absolute Gasteiger partial charge is 0.189 e. The van der Waals surface area contributed by atoms with Gasteiger partial charge in [-0.05, 0) is 38.1 Å². The van der Waals surface area contributed by atoms with Gasteiger partial charge in [-0.1, -0.05) is 18.2 Å². The van der Waals surface area contributed by atoms with Crippen LogP contribution in [0.5, 0.6) is 0 Å². The Hall–Kier alpha value is -2.95. The number of para-hydroxylation sites is 1. The Kier molecular flexibility index (Phi) is 3.93. The summed E-state index contributed by atoms with van der Waals surface area (Å²) >= 11 is 0. The number of benzene rings is 1. The van der Waals surface area contributed by atoms with Gasteiger partial charge in [-0.15, -0.1) is 0 Å². The van der Waals surface area contributed by atoms with Crippen LogP contribution in [0.2, 0.25) is 0 Å². The van der Waals surface area contributed by atoms with Gasteiger partial charge >= 0.3 is 0 Å². The van der Waals surface area contributed by atoms with Gasteiger partial charge in [0.05, 0.1) is 23.1 Å². The Morgan fingerprint density at radius 3 is 2.57 bits per heavy atom. The maximum Gasteiger partial charge on any atom is 0.189 e. The number of nitrogens with zero attached hydrogens (tertiary/aromatic N) is 4. The lowest BCUT2D eigenvalue weighted by Gasteiger charge is -1.98. The Balaban J connectivity index is 1.81. The number of allylic oxidation sites excluding steroid dienone is 1. The van der Waals surface area contributed by atoms with Gasteiger partial charge in [0.2, 0.25) is 0 Å². The molecule has 0 aliphatic heterocycles. The number of carbonyl (C=O) groups is 1. The van der Waals surface area contributed by atoms with Crippen molar-refractivity contribution in [3.8, 4) is 5.69 Å². The van der Waals surface area contributed by atoms with Gasteiger partial charge in [0.1, 0.15) is 0 Å². The predicted octanol–water partition coefficient (Wildman–Crippen LogP) is 3.12. The molecule has 3 rings (SSSR count). The number of hydrogen-bond acceptors (Lipinski definition) is 3. The van der Waals surface area contributed by atoms with E-state index in [1.54, 1.807) is 27.7 Å². The van der Waals surface area contributed by atoms with E-state index in [2.05, 4.69) is 10.2 Å². The van der Waals surface area contributed by atoms with Crippen LogP contribution < -0.4 is 0 Å². The third kappa shape index (κ3) is 2.99. The summed E-state index contributed by atoms with van der Waals surface area (Å²) in [4.78, 5) is 12.4. The largest absolute Gasteiger partial charge is 0.289 e.